The SMILES string of the molecule is Cc1ccn(CCN2CCCCC2CCc2ccccn2)n1. The third-order valence-corrected chi connectivity index (χ3v) is 4.60. The summed E-state index contributed by atoms with van der Waals surface area (Å²) in [5, 5.41) is 4.49. The van der Waals surface area contributed by atoms with Crippen molar-refractivity contribution in [2.24, 2.45) is 0 Å². The molecule has 3 rings (SSSR count). The number of pyridine rings is 1. The zero-order valence-electron chi connectivity index (χ0n) is 13.5. The van der Waals surface area contributed by atoms with Gasteiger partial charge in [0.1, 0.15) is 0 Å². The van der Waals surface area contributed by atoms with Gasteiger partial charge in [-0.2, -0.15) is 5.10 Å². The van der Waals surface area contributed by atoms with Crippen molar-refractivity contribution in [2.75, 3.05) is 13.1 Å². The summed E-state index contributed by atoms with van der Waals surface area (Å²) < 4.78 is 2.07. The smallest absolute Gasteiger partial charge is 0.0593 e. The molecule has 0 aliphatic carbocycles. The third-order valence-electron chi connectivity index (χ3n) is 4.60. The Kier molecular flexibility index (Phi) is 5.22. The summed E-state index contributed by atoms with van der Waals surface area (Å²) in [4.78, 5) is 7.11. The zero-order chi connectivity index (χ0) is 15.2. The lowest BCUT2D eigenvalue weighted by atomic mass is 9.97. The van der Waals surface area contributed by atoms with Crippen LogP contribution in [0.4, 0.5) is 0 Å². The van der Waals surface area contributed by atoms with Crippen molar-refractivity contribution in [3.8, 4) is 0 Å². The lowest BCUT2D eigenvalue weighted by Crippen LogP contribution is -2.41. The minimum absolute atomic E-state index is 0.701. The predicted octanol–water partition coefficient (Wildman–Crippen LogP) is 3.07. The van der Waals surface area contributed by atoms with Crippen LogP contribution in [0.25, 0.3) is 0 Å². The van der Waals surface area contributed by atoms with Gasteiger partial charge in [-0.3, -0.25) is 14.6 Å². The first-order valence-electron chi connectivity index (χ1n) is 8.45. The Bertz CT molecular complexity index is 563. The van der Waals surface area contributed by atoms with Gasteiger partial charge in [0.15, 0.2) is 0 Å². The highest BCUT2D eigenvalue weighted by atomic mass is 15.3. The molecule has 1 fully saturated rings. The maximum absolute atomic E-state index is 4.49. The quantitative estimate of drug-likeness (QED) is 0.822. The Labute approximate surface area is 133 Å². The van der Waals surface area contributed by atoms with Gasteiger partial charge in [0, 0.05) is 30.7 Å². The average Bonchev–Trinajstić information content (AvgIpc) is 2.98. The van der Waals surface area contributed by atoms with Crippen molar-refractivity contribution >= 4 is 0 Å². The molecule has 1 aliphatic rings. The topological polar surface area (TPSA) is 34.0 Å². The molecule has 1 saturated heterocycles. The van der Waals surface area contributed by atoms with Crippen LogP contribution in [0.15, 0.2) is 36.7 Å². The van der Waals surface area contributed by atoms with E-state index in [1.807, 2.05) is 19.2 Å². The van der Waals surface area contributed by atoms with Gasteiger partial charge in [-0.25, -0.2) is 0 Å². The number of likely N-dealkylation sites (tertiary alicyclic amines) is 1. The normalized spacial score (nSPS) is 19.4. The first kappa shape index (κ1) is 15.2. The summed E-state index contributed by atoms with van der Waals surface area (Å²) >= 11 is 0. The zero-order valence-corrected chi connectivity index (χ0v) is 13.5. The van der Waals surface area contributed by atoms with Crippen LogP contribution in [0, 0.1) is 6.92 Å². The fourth-order valence-corrected chi connectivity index (χ4v) is 3.36. The van der Waals surface area contributed by atoms with Crippen LogP contribution in [-0.2, 0) is 13.0 Å². The van der Waals surface area contributed by atoms with Crippen molar-refractivity contribution in [1.29, 1.82) is 0 Å². The molecule has 0 bridgehead atoms. The highest BCUT2D eigenvalue weighted by Gasteiger charge is 2.21. The van der Waals surface area contributed by atoms with E-state index in [1.54, 1.807) is 0 Å². The van der Waals surface area contributed by atoms with Crippen molar-refractivity contribution < 1.29 is 0 Å². The Hall–Kier alpha value is -1.68. The average molecular weight is 298 g/mol. The summed E-state index contributed by atoms with van der Waals surface area (Å²) in [5.74, 6) is 0. The van der Waals surface area contributed by atoms with E-state index in [0.29, 0.717) is 6.04 Å². The second kappa shape index (κ2) is 7.54. The molecule has 22 heavy (non-hydrogen) atoms. The Morgan fingerprint density at radius 2 is 2.14 bits per heavy atom. The number of hydrogen-bond acceptors (Lipinski definition) is 3. The molecule has 0 aromatic carbocycles. The minimum Gasteiger partial charge on any atom is -0.299 e. The molecule has 4 heteroatoms. The number of nitrogens with zero attached hydrogens (tertiary/aromatic N) is 4. The lowest BCUT2D eigenvalue weighted by Gasteiger charge is -2.35. The maximum Gasteiger partial charge on any atom is 0.0593 e. The number of aromatic nitrogens is 3. The molecular weight excluding hydrogens is 272 g/mol. The molecule has 2 aromatic heterocycles. The van der Waals surface area contributed by atoms with Crippen LogP contribution in [-0.4, -0.2) is 38.8 Å². The molecule has 1 atom stereocenters. The Morgan fingerprint density at radius 1 is 1.18 bits per heavy atom. The molecule has 0 saturated carbocycles. The van der Waals surface area contributed by atoms with Crippen LogP contribution in [0.1, 0.15) is 37.1 Å². The van der Waals surface area contributed by atoms with E-state index in [2.05, 4.69) is 44.1 Å². The predicted molar refractivity (Wildman–Crippen MR) is 88.7 cm³/mol. The first-order valence-corrected chi connectivity index (χ1v) is 8.45. The van der Waals surface area contributed by atoms with Crippen LogP contribution in [0.2, 0.25) is 0 Å². The molecule has 0 N–H and O–H groups in total. The summed E-state index contributed by atoms with van der Waals surface area (Å²) in [6, 6.07) is 8.99. The molecule has 0 radical (unpaired) electrons. The van der Waals surface area contributed by atoms with E-state index >= 15 is 0 Å². The van der Waals surface area contributed by atoms with Crippen molar-refractivity contribution in [1.82, 2.24) is 19.7 Å². The van der Waals surface area contributed by atoms with Gasteiger partial charge >= 0.3 is 0 Å². The second-order valence-electron chi connectivity index (χ2n) is 6.27. The summed E-state index contributed by atoms with van der Waals surface area (Å²) in [5.41, 5.74) is 2.32. The van der Waals surface area contributed by atoms with Crippen molar-refractivity contribution in [2.45, 2.75) is 51.6 Å². The van der Waals surface area contributed by atoms with Crippen LogP contribution in [0.5, 0.6) is 0 Å². The Balaban J connectivity index is 1.52. The molecule has 1 aliphatic heterocycles. The van der Waals surface area contributed by atoms with Gasteiger partial charge in [-0.15, -0.1) is 0 Å². The number of piperidine rings is 1. The summed E-state index contributed by atoms with van der Waals surface area (Å²) in [7, 11) is 0. The summed E-state index contributed by atoms with van der Waals surface area (Å²) in [6.07, 6.45) is 10.3. The number of aryl methyl sites for hydroxylation is 2. The van der Waals surface area contributed by atoms with Crippen LogP contribution >= 0.6 is 0 Å². The van der Waals surface area contributed by atoms with E-state index in [-0.39, 0.29) is 0 Å². The monoisotopic (exact) mass is 298 g/mol. The second-order valence-corrected chi connectivity index (χ2v) is 6.27. The van der Waals surface area contributed by atoms with E-state index in [1.165, 1.54) is 37.9 Å². The minimum atomic E-state index is 0.701. The number of hydrogen-bond donors (Lipinski definition) is 0. The molecular formula is C18H26N4. The molecule has 4 nitrogen and oxygen atoms in total. The highest BCUT2D eigenvalue weighted by molar-refractivity contribution is 5.04. The fraction of sp³-hybridized carbons (Fsp3) is 0.556. The molecule has 2 aromatic rings. The van der Waals surface area contributed by atoms with E-state index < -0.39 is 0 Å². The molecule has 0 amide bonds. The maximum atomic E-state index is 4.49. The van der Waals surface area contributed by atoms with E-state index in [9.17, 15) is 0 Å². The van der Waals surface area contributed by atoms with E-state index in [4.69, 9.17) is 0 Å². The molecule has 3 heterocycles. The Morgan fingerprint density at radius 3 is 2.91 bits per heavy atom. The third kappa shape index (κ3) is 4.17. The highest BCUT2D eigenvalue weighted by Crippen LogP contribution is 2.21. The summed E-state index contributed by atoms with van der Waals surface area (Å²) in [6.45, 7) is 5.38. The molecule has 1 unspecified atom stereocenters. The van der Waals surface area contributed by atoms with Gasteiger partial charge in [-0.05, 0) is 57.4 Å². The van der Waals surface area contributed by atoms with Crippen LogP contribution < -0.4 is 0 Å². The van der Waals surface area contributed by atoms with Gasteiger partial charge < -0.3 is 0 Å². The number of rotatable bonds is 6. The van der Waals surface area contributed by atoms with Crippen LogP contribution in [0.3, 0.4) is 0 Å². The largest absolute Gasteiger partial charge is 0.299 e. The van der Waals surface area contributed by atoms with Gasteiger partial charge in [-0.1, -0.05) is 12.5 Å². The van der Waals surface area contributed by atoms with Crippen molar-refractivity contribution in [3.05, 3.63) is 48.0 Å². The standard InChI is InChI=1S/C18H26N4/c1-16-10-13-22(20-16)15-14-21-12-5-3-7-18(21)9-8-17-6-2-4-11-19-17/h2,4,6,10-11,13,18H,3,5,7-9,12,14-15H2,1H3. The van der Waals surface area contributed by atoms with E-state index in [0.717, 1.165) is 25.2 Å². The van der Waals surface area contributed by atoms with Gasteiger partial charge in [0.05, 0.1) is 12.2 Å². The van der Waals surface area contributed by atoms with Gasteiger partial charge in [0.2, 0.25) is 0 Å². The molecule has 118 valence electrons. The van der Waals surface area contributed by atoms with Gasteiger partial charge in [0.25, 0.3) is 0 Å². The fourth-order valence-electron chi connectivity index (χ4n) is 3.36. The lowest BCUT2D eigenvalue weighted by molar-refractivity contribution is 0.133. The van der Waals surface area contributed by atoms with Crippen molar-refractivity contribution in [3.63, 3.8) is 0 Å². The molecule has 0 spiro atoms. The first-order chi connectivity index (χ1) is 10.8.